The van der Waals surface area contributed by atoms with Gasteiger partial charge in [-0.05, 0) is 53.1 Å². The van der Waals surface area contributed by atoms with Gasteiger partial charge < -0.3 is 11.1 Å². The van der Waals surface area contributed by atoms with Crippen molar-refractivity contribution in [2.45, 2.75) is 6.61 Å². The Hall–Kier alpha value is -4.75. The molecular weight excluding hydrogens is 452 g/mol. The lowest BCUT2D eigenvalue weighted by molar-refractivity contribution is -0.116. The summed E-state index contributed by atoms with van der Waals surface area (Å²) in [5.41, 5.74) is 9.66. The normalized spacial score (nSPS) is 10.5. The maximum Gasteiger partial charge on any atom is 0.277 e. The highest BCUT2D eigenvalue weighted by molar-refractivity contribution is 6.11. The fourth-order valence-corrected chi connectivity index (χ4v) is 3.73. The Morgan fingerprint density at radius 1 is 0.806 bits per heavy atom. The van der Waals surface area contributed by atoms with Crippen LogP contribution in [-0.2, 0) is 11.4 Å². The summed E-state index contributed by atoms with van der Waals surface area (Å²) in [6, 6.07) is 30.6. The minimum absolute atomic E-state index is 0.0442. The second kappa shape index (κ2) is 11.1. The first kappa shape index (κ1) is 24.4. The van der Waals surface area contributed by atoms with E-state index < -0.39 is 0 Å². The highest BCUT2D eigenvalue weighted by atomic mass is 16.7. The van der Waals surface area contributed by atoms with Crippen LogP contribution in [0.1, 0.15) is 31.8 Å². The predicted octanol–water partition coefficient (Wildman–Crippen LogP) is 5.09. The van der Waals surface area contributed by atoms with Crippen LogP contribution in [0.25, 0.3) is 11.1 Å². The number of nitrogen functional groups attached to an aromatic ring is 1. The Bertz CT molecular complexity index is 1390. The van der Waals surface area contributed by atoms with Crippen LogP contribution in [0.5, 0.6) is 0 Å². The van der Waals surface area contributed by atoms with E-state index in [9.17, 15) is 9.59 Å². The molecule has 0 saturated carbocycles. The Balaban J connectivity index is 1.58. The van der Waals surface area contributed by atoms with E-state index in [4.69, 9.17) is 16.0 Å². The number of rotatable bonds is 8. The van der Waals surface area contributed by atoms with Crippen molar-refractivity contribution in [1.82, 2.24) is 5.06 Å². The van der Waals surface area contributed by atoms with Gasteiger partial charge in [-0.2, -0.15) is 0 Å². The Morgan fingerprint density at radius 3 is 2.00 bits per heavy atom. The zero-order chi connectivity index (χ0) is 25.5. The van der Waals surface area contributed by atoms with Crippen LogP contribution in [-0.4, -0.2) is 29.8 Å². The molecule has 4 aromatic rings. The van der Waals surface area contributed by atoms with E-state index in [0.717, 1.165) is 5.56 Å². The molecule has 7 nitrogen and oxygen atoms in total. The predicted molar refractivity (Wildman–Crippen MR) is 141 cm³/mol. The van der Waals surface area contributed by atoms with Gasteiger partial charge >= 0.3 is 0 Å². The van der Waals surface area contributed by atoms with Crippen molar-refractivity contribution in [2.75, 3.05) is 12.4 Å². The molecule has 0 aliphatic rings. The standard InChI is InChI=1S/C29H26N4O3/c1-33(36-19-20-9-3-2-4-10-20)29(35)26-14-8-6-12-24(26)23-11-5-7-13-25(23)28(34)32-22-17-15-21(16-18-22)27(30)31/h2-18H,19H2,1H3,(H3,30,31)(H,32,34). The molecule has 2 amide bonds. The summed E-state index contributed by atoms with van der Waals surface area (Å²) < 4.78 is 0. The molecule has 0 heterocycles. The summed E-state index contributed by atoms with van der Waals surface area (Å²) in [5.74, 6) is -0.689. The van der Waals surface area contributed by atoms with Crippen LogP contribution < -0.4 is 11.1 Å². The van der Waals surface area contributed by atoms with E-state index in [-0.39, 0.29) is 24.3 Å². The molecule has 0 aliphatic heterocycles. The quantitative estimate of drug-likeness (QED) is 0.186. The lowest BCUT2D eigenvalue weighted by atomic mass is 9.94. The second-order valence-corrected chi connectivity index (χ2v) is 8.10. The largest absolute Gasteiger partial charge is 0.384 e. The van der Waals surface area contributed by atoms with Crippen LogP contribution in [0.15, 0.2) is 103 Å². The molecule has 0 fully saturated rings. The molecule has 180 valence electrons. The molecule has 36 heavy (non-hydrogen) atoms. The number of anilines is 1. The summed E-state index contributed by atoms with van der Waals surface area (Å²) in [4.78, 5) is 32.2. The van der Waals surface area contributed by atoms with Gasteiger partial charge in [-0.3, -0.25) is 19.8 Å². The van der Waals surface area contributed by atoms with Crippen LogP contribution >= 0.6 is 0 Å². The maximum atomic E-state index is 13.3. The SMILES string of the molecule is CN(OCc1ccccc1)C(=O)c1ccccc1-c1ccccc1C(=O)Nc1ccc(C(=N)N)cc1. The highest BCUT2D eigenvalue weighted by Gasteiger charge is 2.21. The molecule has 4 aromatic carbocycles. The molecule has 0 spiro atoms. The van der Waals surface area contributed by atoms with E-state index in [1.165, 1.54) is 5.06 Å². The number of benzene rings is 4. The topological polar surface area (TPSA) is 109 Å². The number of nitrogens with zero attached hydrogens (tertiary/aromatic N) is 1. The molecule has 4 N–H and O–H groups in total. The van der Waals surface area contributed by atoms with Crippen molar-refractivity contribution in [1.29, 1.82) is 5.41 Å². The molecule has 4 rings (SSSR count). The van der Waals surface area contributed by atoms with Gasteiger partial charge in [-0.1, -0.05) is 66.7 Å². The second-order valence-electron chi connectivity index (χ2n) is 8.10. The van der Waals surface area contributed by atoms with Gasteiger partial charge in [0, 0.05) is 29.4 Å². The number of hydrogen-bond donors (Lipinski definition) is 3. The number of carbonyl (C=O) groups excluding carboxylic acids is 2. The van der Waals surface area contributed by atoms with Gasteiger partial charge in [-0.15, -0.1) is 0 Å². The number of hydrogen-bond acceptors (Lipinski definition) is 4. The fraction of sp³-hybridized carbons (Fsp3) is 0.0690. The maximum absolute atomic E-state index is 13.3. The molecule has 0 bridgehead atoms. The number of nitrogens with one attached hydrogen (secondary N) is 2. The van der Waals surface area contributed by atoms with Crippen molar-refractivity contribution in [3.05, 3.63) is 125 Å². The lowest BCUT2D eigenvalue weighted by Gasteiger charge is -2.19. The van der Waals surface area contributed by atoms with Crippen molar-refractivity contribution in [3.63, 3.8) is 0 Å². The van der Waals surface area contributed by atoms with Gasteiger partial charge in [0.05, 0.1) is 0 Å². The lowest BCUT2D eigenvalue weighted by Crippen LogP contribution is -2.27. The summed E-state index contributed by atoms with van der Waals surface area (Å²) >= 11 is 0. The molecule has 0 saturated heterocycles. The summed E-state index contributed by atoms with van der Waals surface area (Å²) in [6.45, 7) is 0.257. The van der Waals surface area contributed by atoms with E-state index in [0.29, 0.717) is 33.5 Å². The minimum atomic E-state index is -0.323. The summed E-state index contributed by atoms with van der Waals surface area (Å²) in [6.07, 6.45) is 0. The van der Waals surface area contributed by atoms with Gasteiger partial charge in [-0.25, -0.2) is 5.06 Å². The average Bonchev–Trinajstić information content (AvgIpc) is 2.92. The number of carbonyl (C=O) groups is 2. The number of amides is 2. The number of nitrogens with two attached hydrogens (primary N) is 1. The van der Waals surface area contributed by atoms with Gasteiger partial charge in [0.25, 0.3) is 11.8 Å². The van der Waals surface area contributed by atoms with Gasteiger partial charge in [0.1, 0.15) is 12.4 Å². The van der Waals surface area contributed by atoms with Crippen molar-refractivity contribution < 1.29 is 14.4 Å². The Labute approximate surface area is 209 Å². The number of amidine groups is 1. The summed E-state index contributed by atoms with van der Waals surface area (Å²) in [7, 11) is 1.57. The third-order valence-corrected chi connectivity index (χ3v) is 5.63. The minimum Gasteiger partial charge on any atom is -0.384 e. The van der Waals surface area contributed by atoms with Crippen LogP contribution in [0, 0.1) is 5.41 Å². The summed E-state index contributed by atoms with van der Waals surface area (Å²) in [5, 5.41) is 11.6. The van der Waals surface area contributed by atoms with Crippen molar-refractivity contribution in [2.24, 2.45) is 5.73 Å². The van der Waals surface area contributed by atoms with Gasteiger partial charge in [0.2, 0.25) is 0 Å². The zero-order valence-electron chi connectivity index (χ0n) is 19.8. The van der Waals surface area contributed by atoms with E-state index in [1.54, 1.807) is 55.6 Å². The van der Waals surface area contributed by atoms with E-state index in [1.807, 2.05) is 54.6 Å². The molecule has 0 aliphatic carbocycles. The van der Waals surface area contributed by atoms with Crippen LogP contribution in [0.2, 0.25) is 0 Å². The third-order valence-electron chi connectivity index (χ3n) is 5.63. The van der Waals surface area contributed by atoms with E-state index >= 15 is 0 Å². The molecular formula is C29H26N4O3. The molecule has 0 aromatic heterocycles. The zero-order valence-corrected chi connectivity index (χ0v) is 19.8. The van der Waals surface area contributed by atoms with E-state index in [2.05, 4.69) is 5.32 Å². The highest BCUT2D eigenvalue weighted by Crippen LogP contribution is 2.29. The molecule has 0 unspecified atom stereocenters. The smallest absolute Gasteiger partial charge is 0.277 e. The first-order chi connectivity index (χ1) is 17.4. The third kappa shape index (κ3) is 5.65. The molecule has 0 atom stereocenters. The first-order valence-corrected chi connectivity index (χ1v) is 11.3. The monoisotopic (exact) mass is 478 g/mol. The van der Waals surface area contributed by atoms with Crippen molar-refractivity contribution in [3.8, 4) is 11.1 Å². The van der Waals surface area contributed by atoms with Gasteiger partial charge in [0.15, 0.2) is 0 Å². The average molecular weight is 479 g/mol. The van der Waals surface area contributed by atoms with Crippen molar-refractivity contribution >= 4 is 23.3 Å². The Morgan fingerprint density at radius 2 is 1.36 bits per heavy atom. The first-order valence-electron chi connectivity index (χ1n) is 11.3. The fourth-order valence-electron chi connectivity index (χ4n) is 3.73. The molecule has 0 radical (unpaired) electrons. The Kier molecular flexibility index (Phi) is 7.53. The number of hydroxylamine groups is 2. The van der Waals surface area contributed by atoms with Crippen LogP contribution in [0.4, 0.5) is 5.69 Å². The van der Waals surface area contributed by atoms with Crippen LogP contribution in [0.3, 0.4) is 0 Å². The molecule has 7 heteroatoms.